The fourth-order valence-corrected chi connectivity index (χ4v) is 2.80. The molecular weight excluding hydrogens is 188 g/mol. The molecule has 1 aromatic rings. The normalized spacial score (nSPS) is 30.8. The number of allylic oxidation sites excluding steroid dienone is 1. The van der Waals surface area contributed by atoms with Crippen LogP contribution in [0.4, 0.5) is 0 Å². The number of rotatable bonds is 1. The molecule has 0 bridgehead atoms. The van der Waals surface area contributed by atoms with Crippen LogP contribution in [0.1, 0.15) is 31.4 Å². The Morgan fingerprint density at radius 1 is 1.40 bits per heavy atom. The summed E-state index contributed by atoms with van der Waals surface area (Å²) in [6.45, 7) is 2.30. The average molecular weight is 204 g/mol. The molecule has 3 nitrogen and oxygen atoms in total. The Morgan fingerprint density at radius 3 is 3.13 bits per heavy atom. The van der Waals surface area contributed by atoms with Crippen molar-refractivity contribution < 1.29 is 4.52 Å². The largest absolute Gasteiger partial charge is 0.357 e. The molecule has 2 heterocycles. The number of nitrogens with zero attached hydrogens (tertiary/aromatic N) is 1. The van der Waals surface area contributed by atoms with Crippen molar-refractivity contribution in [1.29, 1.82) is 0 Å². The van der Waals surface area contributed by atoms with Crippen LogP contribution in [0.25, 0.3) is 5.57 Å². The number of hydrogen-bond acceptors (Lipinski definition) is 3. The first kappa shape index (κ1) is 9.16. The Kier molecular flexibility index (Phi) is 2.13. The van der Waals surface area contributed by atoms with Crippen molar-refractivity contribution in [3.63, 3.8) is 0 Å². The van der Waals surface area contributed by atoms with E-state index in [4.69, 9.17) is 4.52 Å². The summed E-state index contributed by atoms with van der Waals surface area (Å²) in [6, 6.07) is 1.96. The third-order valence-corrected chi connectivity index (χ3v) is 3.63. The maximum atomic E-state index is 5.21. The Labute approximate surface area is 89.5 Å². The molecule has 1 aliphatic heterocycles. The van der Waals surface area contributed by atoms with Crippen molar-refractivity contribution in [2.45, 2.75) is 25.7 Å². The summed E-state index contributed by atoms with van der Waals surface area (Å²) in [4.78, 5) is 0. The molecular formula is C12H16N2O. The van der Waals surface area contributed by atoms with Crippen LogP contribution in [-0.4, -0.2) is 18.2 Å². The van der Waals surface area contributed by atoms with Gasteiger partial charge in [-0.15, -0.1) is 0 Å². The lowest BCUT2D eigenvalue weighted by Gasteiger charge is -2.32. The highest BCUT2D eigenvalue weighted by atomic mass is 16.5. The molecule has 1 fully saturated rings. The first-order chi connectivity index (χ1) is 7.38. The average Bonchev–Trinajstić information content (AvgIpc) is 2.88. The van der Waals surface area contributed by atoms with Crippen LogP contribution in [0.2, 0.25) is 0 Å². The Morgan fingerprint density at radius 2 is 2.40 bits per heavy atom. The molecule has 0 aromatic carbocycles. The van der Waals surface area contributed by atoms with E-state index in [0.717, 1.165) is 18.7 Å². The monoisotopic (exact) mass is 204 g/mol. The van der Waals surface area contributed by atoms with E-state index >= 15 is 0 Å². The van der Waals surface area contributed by atoms with Crippen molar-refractivity contribution >= 4 is 5.57 Å². The summed E-state index contributed by atoms with van der Waals surface area (Å²) in [7, 11) is 0. The molecule has 2 aliphatic rings. The smallest absolute Gasteiger partial charge is 0.162 e. The quantitative estimate of drug-likeness (QED) is 0.762. The van der Waals surface area contributed by atoms with Crippen LogP contribution >= 0.6 is 0 Å². The SMILES string of the molecule is C1=C(c2ccno2)CCC12CCCNC2. The molecule has 0 saturated carbocycles. The van der Waals surface area contributed by atoms with Crippen LogP contribution in [0, 0.1) is 5.41 Å². The van der Waals surface area contributed by atoms with Crippen molar-refractivity contribution in [2.75, 3.05) is 13.1 Å². The predicted octanol–water partition coefficient (Wildman–Crippen LogP) is 2.22. The molecule has 1 unspecified atom stereocenters. The number of hydrogen-bond donors (Lipinski definition) is 1. The van der Waals surface area contributed by atoms with Gasteiger partial charge in [0.2, 0.25) is 0 Å². The van der Waals surface area contributed by atoms with Gasteiger partial charge in [0, 0.05) is 18.0 Å². The fraction of sp³-hybridized carbons (Fsp3) is 0.583. The molecule has 80 valence electrons. The molecule has 1 spiro atoms. The van der Waals surface area contributed by atoms with E-state index in [1.165, 1.54) is 31.4 Å². The van der Waals surface area contributed by atoms with Gasteiger partial charge in [-0.1, -0.05) is 11.2 Å². The van der Waals surface area contributed by atoms with Crippen molar-refractivity contribution in [1.82, 2.24) is 10.5 Å². The third-order valence-electron chi connectivity index (χ3n) is 3.63. The minimum atomic E-state index is 0.403. The molecule has 0 radical (unpaired) electrons. The van der Waals surface area contributed by atoms with Gasteiger partial charge in [-0.3, -0.25) is 0 Å². The minimum absolute atomic E-state index is 0.403. The Hall–Kier alpha value is -1.09. The highest BCUT2D eigenvalue weighted by molar-refractivity contribution is 5.64. The van der Waals surface area contributed by atoms with E-state index in [1.54, 1.807) is 6.20 Å². The minimum Gasteiger partial charge on any atom is -0.357 e. The molecule has 3 heteroatoms. The van der Waals surface area contributed by atoms with E-state index < -0.39 is 0 Å². The van der Waals surface area contributed by atoms with Crippen molar-refractivity contribution in [2.24, 2.45) is 5.41 Å². The first-order valence-corrected chi connectivity index (χ1v) is 5.72. The second kappa shape index (κ2) is 3.49. The molecule has 1 aromatic heterocycles. The van der Waals surface area contributed by atoms with E-state index in [1.807, 2.05) is 6.07 Å². The lowest BCUT2D eigenvalue weighted by atomic mass is 9.80. The van der Waals surface area contributed by atoms with Crippen LogP contribution in [0.3, 0.4) is 0 Å². The van der Waals surface area contributed by atoms with E-state index in [9.17, 15) is 0 Å². The standard InChI is InChI=1S/C12H16N2O/c1-4-12(9-13-6-1)5-2-10(8-12)11-3-7-14-15-11/h3,7-8,13H,1-2,4-6,9H2. The summed E-state index contributed by atoms with van der Waals surface area (Å²) in [5, 5.41) is 7.26. The zero-order valence-electron chi connectivity index (χ0n) is 8.83. The Bertz CT molecular complexity index is 361. The molecule has 1 saturated heterocycles. The summed E-state index contributed by atoms with van der Waals surface area (Å²) < 4.78 is 5.21. The fourth-order valence-electron chi connectivity index (χ4n) is 2.80. The molecule has 3 rings (SSSR count). The van der Waals surface area contributed by atoms with Gasteiger partial charge in [0.15, 0.2) is 5.76 Å². The van der Waals surface area contributed by atoms with Crippen LogP contribution in [0.15, 0.2) is 22.9 Å². The van der Waals surface area contributed by atoms with Crippen LogP contribution in [-0.2, 0) is 0 Å². The van der Waals surface area contributed by atoms with Gasteiger partial charge >= 0.3 is 0 Å². The number of piperidine rings is 1. The van der Waals surface area contributed by atoms with Gasteiger partial charge in [0.25, 0.3) is 0 Å². The Balaban J connectivity index is 1.85. The number of nitrogens with one attached hydrogen (secondary N) is 1. The van der Waals surface area contributed by atoms with E-state index in [0.29, 0.717) is 5.41 Å². The van der Waals surface area contributed by atoms with Crippen LogP contribution < -0.4 is 5.32 Å². The lowest BCUT2D eigenvalue weighted by Crippen LogP contribution is -2.37. The second-order valence-electron chi connectivity index (χ2n) is 4.69. The highest BCUT2D eigenvalue weighted by Gasteiger charge is 2.35. The molecule has 1 aliphatic carbocycles. The van der Waals surface area contributed by atoms with Gasteiger partial charge in [0.05, 0.1) is 6.20 Å². The molecule has 15 heavy (non-hydrogen) atoms. The van der Waals surface area contributed by atoms with Gasteiger partial charge in [-0.2, -0.15) is 0 Å². The summed E-state index contributed by atoms with van der Waals surface area (Å²) in [6.07, 6.45) is 9.14. The van der Waals surface area contributed by atoms with Crippen molar-refractivity contribution in [3.8, 4) is 0 Å². The second-order valence-corrected chi connectivity index (χ2v) is 4.69. The van der Waals surface area contributed by atoms with E-state index in [-0.39, 0.29) is 0 Å². The zero-order valence-corrected chi connectivity index (χ0v) is 8.83. The number of aromatic nitrogens is 1. The van der Waals surface area contributed by atoms with Gasteiger partial charge < -0.3 is 9.84 Å². The van der Waals surface area contributed by atoms with Crippen molar-refractivity contribution in [3.05, 3.63) is 24.1 Å². The van der Waals surface area contributed by atoms with Gasteiger partial charge in [0.1, 0.15) is 0 Å². The van der Waals surface area contributed by atoms with Gasteiger partial charge in [-0.25, -0.2) is 0 Å². The topological polar surface area (TPSA) is 38.1 Å². The predicted molar refractivity (Wildman–Crippen MR) is 58.3 cm³/mol. The molecule has 1 atom stereocenters. The summed E-state index contributed by atoms with van der Waals surface area (Å²) in [5.74, 6) is 0.956. The first-order valence-electron chi connectivity index (χ1n) is 5.72. The maximum absolute atomic E-state index is 5.21. The summed E-state index contributed by atoms with van der Waals surface area (Å²) in [5.41, 5.74) is 1.75. The van der Waals surface area contributed by atoms with E-state index in [2.05, 4.69) is 16.5 Å². The lowest BCUT2D eigenvalue weighted by molar-refractivity contribution is 0.274. The van der Waals surface area contributed by atoms with Gasteiger partial charge in [-0.05, 0) is 37.8 Å². The maximum Gasteiger partial charge on any atom is 0.162 e. The highest BCUT2D eigenvalue weighted by Crippen LogP contribution is 2.44. The molecule has 0 amide bonds. The molecule has 1 N–H and O–H groups in total. The van der Waals surface area contributed by atoms with Crippen LogP contribution in [0.5, 0.6) is 0 Å². The third kappa shape index (κ3) is 1.61. The zero-order chi connectivity index (χ0) is 10.1. The summed E-state index contributed by atoms with van der Waals surface area (Å²) >= 11 is 0.